The van der Waals surface area contributed by atoms with Crippen LogP contribution in [0.1, 0.15) is 83.7 Å². The molecule has 0 saturated carbocycles. The second-order valence-electron chi connectivity index (χ2n) is 20.4. The molecule has 6 aromatic carbocycles. The molecule has 0 bridgehead atoms. The van der Waals surface area contributed by atoms with Crippen LogP contribution in [0, 0.1) is 0 Å². The second-order valence-corrected chi connectivity index (χ2v) is 24.3. The number of ether oxygens (including phenoxy) is 2. The van der Waals surface area contributed by atoms with E-state index in [1.165, 1.54) is 44.6 Å². The minimum atomic E-state index is -3.62. The molecule has 0 spiro atoms. The summed E-state index contributed by atoms with van der Waals surface area (Å²) < 4.78 is 64.1. The van der Waals surface area contributed by atoms with E-state index in [0.717, 1.165) is 59.3 Å². The van der Waals surface area contributed by atoms with E-state index in [1.807, 2.05) is 182 Å². The molecule has 3 saturated heterocycles. The number of nitrogens with zero attached hydrogens (tertiary/aromatic N) is 4. The first-order valence-electron chi connectivity index (χ1n) is 27.3. The Morgan fingerprint density at radius 3 is 1.12 bits per heavy atom. The summed E-state index contributed by atoms with van der Waals surface area (Å²) in [5.41, 5.74) is 5.36. The third-order valence-corrected chi connectivity index (χ3v) is 17.4. The average Bonchev–Trinajstić information content (AvgIpc) is 4.29. The molecule has 0 unspecified atom stereocenters. The van der Waals surface area contributed by atoms with Gasteiger partial charge in [-0.3, -0.25) is 9.59 Å². The number of hydrogen-bond donors (Lipinski definition) is 1. The Hall–Kier alpha value is -6.46. The van der Waals surface area contributed by atoms with Crippen LogP contribution in [0.5, 0.6) is 0 Å². The SMILES string of the molecule is C1CCOC1.COC(=O)[C@@H]1C[C@H](N(CCCc2ccccc2)S(C)(=O)=O)CN1C(=O)C(c1ccccc1)c1ccccc1.CS(=O)(=O)N(CCCc1ccccc1)[C@H]1C[C@@H](C(=O)O)N(C(=O)C(c2ccccc2)c2ccccc2)C1.[Li+].[OH-]. The predicted molar refractivity (Wildman–Crippen MR) is 312 cm³/mol. The van der Waals surface area contributed by atoms with Crippen molar-refractivity contribution in [2.75, 3.05) is 59.0 Å². The van der Waals surface area contributed by atoms with Crippen LogP contribution in [0.15, 0.2) is 182 Å². The molecule has 9 rings (SSSR count). The van der Waals surface area contributed by atoms with Gasteiger partial charge in [0.15, 0.2) is 0 Å². The van der Waals surface area contributed by atoms with Crippen LogP contribution in [0.2, 0.25) is 0 Å². The summed E-state index contributed by atoms with van der Waals surface area (Å²) in [5, 5.41) is 10.0. The zero-order valence-corrected chi connectivity index (χ0v) is 48.9. The maximum absolute atomic E-state index is 14.1. The van der Waals surface area contributed by atoms with Gasteiger partial charge in [0.05, 0.1) is 31.5 Å². The molecule has 432 valence electrons. The number of aliphatic carboxylic acids is 1. The molecule has 0 radical (unpaired) electrons. The normalized spacial score (nSPS) is 17.7. The van der Waals surface area contributed by atoms with Gasteiger partial charge in [-0.15, -0.1) is 0 Å². The number of carbonyl (C=O) groups is 4. The van der Waals surface area contributed by atoms with E-state index in [4.69, 9.17) is 9.47 Å². The third kappa shape index (κ3) is 18.5. The monoisotopic (exact) mass is 1150 g/mol. The summed E-state index contributed by atoms with van der Waals surface area (Å²) in [4.78, 5) is 56.1. The Morgan fingerprint density at radius 2 is 0.841 bits per heavy atom. The fourth-order valence-electron chi connectivity index (χ4n) is 10.9. The molecule has 3 aliphatic rings. The number of carboxylic acids is 1. The number of benzene rings is 6. The van der Waals surface area contributed by atoms with E-state index < -0.39 is 68.0 Å². The van der Waals surface area contributed by atoms with Crippen molar-refractivity contribution in [1.29, 1.82) is 0 Å². The fraction of sp³-hybridized carbons (Fsp3) is 0.365. The van der Waals surface area contributed by atoms with E-state index in [1.54, 1.807) is 0 Å². The van der Waals surface area contributed by atoms with Crippen LogP contribution in [0.4, 0.5) is 0 Å². The summed E-state index contributed by atoms with van der Waals surface area (Å²) in [6.07, 6.45) is 7.78. The topological polar surface area (TPSA) is 218 Å². The van der Waals surface area contributed by atoms with Crippen molar-refractivity contribution in [1.82, 2.24) is 18.4 Å². The van der Waals surface area contributed by atoms with Crippen molar-refractivity contribution in [2.45, 2.75) is 87.4 Å². The van der Waals surface area contributed by atoms with Crippen LogP contribution in [-0.2, 0) is 61.5 Å². The van der Waals surface area contributed by atoms with E-state index in [-0.39, 0.29) is 68.6 Å². The van der Waals surface area contributed by atoms with E-state index in [9.17, 15) is 41.1 Å². The number of aryl methyl sites for hydroxylation is 2. The van der Waals surface area contributed by atoms with Crippen LogP contribution in [0.3, 0.4) is 0 Å². The molecule has 2 N–H and O–H groups in total. The molecule has 82 heavy (non-hydrogen) atoms. The molecule has 3 aliphatic heterocycles. The van der Waals surface area contributed by atoms with Crippen molar-refractivity contribution < 1.29 is 74.9 Å². The number of rotatable bonds is 20. The first-order valence-corrected chi connectivity index (χ1v) is 30.9. The predicted octanol–water partition coefficient (Wildman–Crippen LogP) is 5.25. The zero-order valence-electron chi connectivity index (χ0n) is 47.3. The Bertz CT molecular complexity index is 3050. The molecule has 3 fully saturated rings. The van der Waals surface area contributed by atoms with Gasteiger partial charge < -0.3 is 29.9 Å². The molecule has 0 aromatic heterocycles. The Labute approximate surface area is 496 Å². The molecular weight excluding hydrogens is 1080 g/mol. The first kappa shape index (κ1) is 66.3. The van der Waals surface area contributed by atoms with Crippen LogP contribution >= 0.6 is 0 Å². The molecule has 16 nitrogen and oxygen atoms in total. The largest absolute Gasteiger partial charge is 1.00 e. The van der Waals surface area contributed by atoms with E-state index in [0.29, 0.717) is 25.8 Å². The number of methoxy groups -OCH3 is 1. The van der Waals surface area contributed by atoms with Gasteiger partial charge in [0.1, 0.15) is 12.1 Å². The van der Waals surface area contributed by atoms with Crippen LogP contribution < -0.4 is 18.9 Å². The zero-order chi connectivity index (χ0) is 57.1. The molecule has 4 atom stereocenters. The Kier molecular flexibility index (Phi) is 26.2. The van der Waals surface area contributed by atoms with Gasteiger partial charge in [-0.25, -0.2) is 26.4 Å². The maximum atomic E-state index is 14.1. The van der Waals surface area contributed by atoms with E-state index in [2.05, 4.69) is 0 Å². The standard InChI is InChI=1S/C30H34N2O5S.C29H32N2O5S.C4H8O.Li.H2O/c1-37-30(34)27-21-26(32(38(2,35)36)20-12-15-23-13-6-3-7-14-23)22-31(27)29(33)28(24-16-8-4-9-17-24)25-18-10-5-11-19-25;1-37(35,36)31(19-11-14-22-12-5-2-6-13-22)25-20-26(29(33)34)30(21-25)28(32)27(23-15-7-3-8-16-23)24-17-9-4-10-18-24;1-2-4-5-3-1;;/h3-11,13-14,16-19,26-28H,12,15,20-22H2,1-2H3;2-10,12-13,15-18,25-27H,11,14,19-21H2,1H3,(H,33,34);1-4H2;;1H2/q;;;+1;/p-1/t26-,27-;25-,26-;;;/m00.../s1. The fourth-order valence-corrected chi connectivity index (χ4v) is 13.2. The van der Waals surface area contributed by atoms with E-state index >= 15 is 0 Å². The molecule has 2 amide bonds. The third-order valence-electron chi connectivity index (χ3n) is 14.8. The molecule has 19 heteroatoms. The quantitative estimate of drug-likeness (QED) is 0.0767. The van der Waals surface area contributed by atoms with Gasteiger partial charge in [-0.1, -0.05) is 182 Å². The molecule has 0 aliphatic carbocycles. The van der Waals surface area contributed by atoms with Gasteiger partial charge in [0.2, 0.25) is 31.9 Å². The van der Waals surface area contributed by atoms with Crippen LogP contribution in [-0.4, -0.2) is 153 Å². The smallest absolute Gasteiger partial charge is 0.870 e. The number of carbonyl (C=O) groups excluding carboxylic acids is 3. The molecular formula is C63H75LiN4O12S2. The summed E-state index contributed by atoms with van der Waals surface area (Å²) in [5.74, 6) is -3.59. The minimum Gasteiger partial charge on any atom is -0.870 e. The van der Waals surface area contributed by atoms with Crippen LogP contribution in [0.25, 0.3) is 0 Å². The van der Waals surface area contributed by atoms with Crippen molar-refractivity contribution in [3.05, 3.63) is 215 Å². The average molecular weight is 1150 g/mol. The summed E-state index contributed by atoms with van der Waals surface area (Å²) in [7, 11) is -5.92. The van der Waals surface area contributed by atoms with Gasteiger partial charge in [-0.05, 0) is 84.7 Å². The Morgan fingerprint density at radius 1 is 0.537 bits per heavy atom. The first-order chi connectivity index (χ1) is 38.5. The van der Waals surface area contributed by atoms with Gasteiger partial charge in [0, 0.05) is 51.5 Å². The van der Waals surface area contributed by atoms with Crippen molar-refractivity contribution >= 4 is 43.8 Å². The number of likely N-dealkylation sites (tertiary alicyclic amines) is 2. The second kappa shape index (κ2) is 32.4. The summed E-state index contributed by atoms with van der Waals surface area (Å²) >= 11 is 0. The summed E-state index contributed by atoms with van der Waals surface area (Å²) in [6.45, 7) is 2.71. The van der Waals surface area contributed by atoms with Gasteiger partial charge >= 0.3 is 30.8 Å². The molecule has 6 aromatic rings. The van der Waals surface area contributed by atoms with Gasteiger partial charge in [-0.2, -0.15) is 8.61 Å². The number of hydrogen-bond acceptors (Lipinski definition) is 11. The van der Waals surface area contributed by atoms with Crippen molar-refractivity contribution in [2.24, 2.45) is 0 Å². The summed E-state index contributed by atoms with van der Waals surface area (Å²) in [6, 6.07) is 54.0. The molecule has 3 heterocycles. The number of sulfonamides is 2. The van der Waals surface area contributed by atoms with Gasteiger partial charge in [0.25, 0.3) is 0 Å². The number of esters is 1. The number of carboxylic acid groups (broad SMARTS) is 1. The minimum absolute atomic E-state index is 0. The Balaban J connectivity index is 0.000000270. The number of amides is 2. The van der Waals surface area contributed by atoms with Crippen molar-refractivity contribution in [3.63, 3.8) is 0 Å². The van der Waals surface area contributed by atoms with Crippen molar-refractivity contribution in [3.8, 4) is 0 Å². The maximum Gasteiger partial charge on any atom is 1.00 e.